The van der Waals surface area contributed by atoms with Gasteiger partial charge in [0, 0.05) is 11.8 Å². The van der Waals surface area contributed by atoms with Gasteiger partial charge in [-0.15, -0.1) is 0 Å². The van der Waals surface area contributed by atoms with Crippen LogP contribution in [0.3, 0.4) is 0 Å². The summed E-state index contributed by atoms with van der Waals surface area (Å²) in [5.41, 5.74) is 1.34. The van der Waals surface area contributed by atoms with E-state index in [0.717, 1.165) is 5.56 Å². The lowest BCUT2D eigenvalue weighted by molar-refractivity contribution is -0.385. The van der Waals surface area contributed by atoms with Crippen LogP contribution in [0.2, 0.25) is 5.15 Å². The van der Waals surface area contributed by atoms with Gasteiger partial charge in [-0.1, -0.05) is 11.6 Å². The first kappa shape index (κ1) is 8.93. The van der Waals surface area contributed by atoms with Gasteiger partial charge in [0.05, 0.1) is 4.92 Å². The Labute approximate surface area is 74.3 Å². The molecule has 0 amide bonds. The molecule has 0 unspecified atom stereocenters. The third-order valence-electron chi connectivity index (χ3n) is 1.60. The van der Waals surface area contributed by atoms with E-state index in [1.807, 2.05) is 0 Å². The normalized spacial score (nSPS) is 9.92. The minimum Gasteiger partial charge on any atom is -0.258 e. The van der Waals surface area contributed by atoms with Crippen LogP contribution < -0.4 is 0 Å². The molecule has 0 atom stereocenters. The van der Waals surface area contributed by atoms with Crippen molar-refractivity contribution in [3.63, 3.8) is 0 Å². The van der Waals surface area contributed by atoms with Crippen molar-refractivity contribution >= 4 is 17.3 Å². The monoisotopic (exact) mass is 186 g/mol. The first-order valence-corrected chi connectivity index (χ1v) is 3.68. The third-order valence-corrected chi connectivity index (χ3v) is 1.88. The largest absolute Gasteiger partial charge is 0.306 e. The van der Waals surface area contributed by atoms with Crippen LogP contribution in [0, 0.1) is 24.0 Å². The lowest BCUT2D eigenvalue weighted by atomic mass is 10.2. The van der Waals surface area contributed by atoms with E-state index in [-0.39, 0.29) is 10.8 Å². The first-order chi connectivity index (χ1) is 5.52. The number of hydrogen-bond donors (Lipinski definition) is 0. The fourth-order valence-electron chi connectivity index (χ4n) is 0.790. The molecule has 64 valence electrons. The van der Waals surface area contributed by atoms with Gasteiger partial charge in [-0.2, -0.15) is 0 Å². The standard InChI is InChI=1S/C7H7ClN2O2/c1-4-3-6(10(11)12)7(8)9-5(4)2/h3H,1-2H3. The van der Waals surface area contributed by atoms with Gasteiger partial charge in [-0.3, -0.25) is 10.1 Å². The van der Waals surface area contributed by atoms with Gasteiger partial charge < -0.3 is 0 Å². The maximum atomic E-state index is 10.4. The summed E-state index contributed by atoms with van der Waals surface area (Å²) in [5, 5.41) is 10.3. The van der Waals surface area contributed by atoms with E-state index in [0.29, 0.717) is 5.69 Å². The maximum absolute atomic E-state index is 10.4. The van der Waals surface area contributed by atoms with E-state index >= 15 is 0 Å². The van der Waals surface area contributed by atoms with E-state index in [4.69, 9.17) is 11.6 Å². The Morgan fingerprint density at radius 2 is 2.17 bits per heavy atom. The molecule has 4 nitrogen and oxygen atoms in total. The third kappa shape index (κ3) is 1.53. The zero-order valence-electron chi connectivity index (χ0n) is 6.67. The highest BCUT2D eigenvalue weighted by Crippen LogP contribution is 2.23. The number of hydrogen-bond acceptors (Lipinski definition) is 3. The van der Waals surface area contributed by atoms with E-state index in [1.165, 1.54) is 6.07 Å². The summed E-state index contributed by atoms with van der Waals surface area (Å²) in [7, 11) is 0. The highest BCUT2D eigenvalue weighted by atomic mass is 35.5. The lowest BCUT2D eigenvalue weighted by Crippen LogP contribution is -1.95. The number of halogens is 1. The van der Waals surface area contributed by atoms with Gasteiger partial charge in [0.1, 0.15) is 0 Å². The molecule has 1 rings (SSSR count). The predicted octanol–water partition coefficient (Wildman–Crippen LogP) is 2.26. The molecule has 0 N–H and O–H groups in total. The Bertz CT molecular complexity index is 338. The number of nitrogens with zero attached hydrogens (tertiary/aromatic N) is 2. The molecule has 0 saturated carbocycles. The summed E-state index contributed by atoms with van der Waals surface area (Å²) in [5.74, 6) is 0. The molecule has 0 aliphatic heterocycles. The van der Waals surface area contributed by atoms with Crippen molar-refractivity contribution < 1.29 is 4.92 Å². The maximum Gasteiger partial charge on any atom is 0.306 e. The van der Waals surface area contributed by atoms with Gasteiger partial charge in [-0.05, 0) is 19.4 Å². The molecular formula is C7H7ClN2O2. The fraction of sp³-hybridized carbons (Fsp3) is 0.286. The zero-order chi connectivity index (χ0) is 9.30. The molecule has 1 aromatic heterocycles. The van der Waals surface area contributed by atoms with Crippen LogP contribution >= 0.6 is 11.6 Å². The number of pyridine rings is 1. The average molecular weight is 187 g/mol. The molecule has 0 aliphatic rings. The second-order valence-corrected chi connectivity index (χ2v) is 2.82. The van der Waals surface area contributed by atoms with E-state index in [2.05, 4.69) is 4.98 Å². The molecule has 0 aliphatic carbocycles. The highest BCUT2D eigenvalue weighted by molar-refractivity contribution is 6.31. The van der Waals surface area contributed by atoms with E-state index in [9.17, 15) is 10.1 Å². The van der Waals surface area contributed by atoms with Gasteiger partial charge >= 0.3 is 5.69 Å². The quantitative estimate of drug-likeness (QED) is 0.384. The van der Waals surface area contributed by atoms with Gasteiger partial charge in [-0.25, -0.2) is 4.98 Å². The van der Waals surface area contributed by atoms with Crippen LogP contribution in [-0.2, 0) is 0 Å². The number of aromatic nitrogens is 1. The summed E-state index contributed by atoms with van der Waals surface area (Å²) in [6, 6.07) is 1.42. The van der Waals surface area contributed by atoms with Gasteiger partial charge in [0.2, 0.25) is 5.15 Å². The summed E-state index contributed by atoms with van der Waals surface area (Å²) in [6.45, 7) is 3.51. The molecular weight excluding hydrogens is 180 g/mol. The van der Waals surface area contributed by atoms with Crippen LogP contribution in [-0.4, -0.2) is 9.91 Å². The lowest BCUT2D eigenvalue weighted by Gasteiger charge is -1.99. The molecule has 0 aromatic carbocycles. The van der Waals surface area contributed by atoms with Crippen molar-refractivity contribution in [3.8, 4) is 0 Å². The molecule has 0 saturated heterocycles. The topological polar surface area (TPSA) is 56.0 Å². The number of nitro groups is 1. The minimum atomic E-state index is -0.540. The summed E-state index contributed by atoms with van der Waals surface area (Å²) in [4.78, 5) is 13.6. The smallest absolute Gasteiger partial charge is 0.258 e. The van der Waals surface area contributed by atoms with Crippen LogP contribution in [0.25, 0.3) is 0 Å². The van der Waals surface area contributed by atoms with Crippen molar-refractivity contribution in [3.05, 3.63) is 32.6 Å². The van der Waals surface area contributed by atoms with Crippen LogP contribution in [0.1, 0.15) is 11.3 Å². The van der Waals surface area contributed by atoms with Crippen LogP contribution in [0.5, 0.6) is 0 Å². The summed E-state index contributed by atoms with van der Waals surface area (Å²) >= 11 is 5.54. The van der Waals surface area contributed by atoms with Crippen LogP contribution in [0.4, 0.5) is 5.69 Å². The molecule has 12 heavy (non-hydrogen) atoms. The molecule has 1 heterocycles. The Kier molecular flexibility index (Phi) is 2.28. The summed E-state index contributed by atoms with van der Waals surface area (Å²) in [6.07, 6.45) is 0. The SMILES string of the molecule is Cc1cc([N+](=O)[O-])c(Cl)nc1C. The van der Waals surface area contributed by atoms with Crippen molar-refractivity contribution in [2.45, 2.75) is 13.8 Å². The van der Waals surface area contributed by atoms with Crippen molar-refractivity contribution in [2.24, 2.45) is 0 Å². The number of rotatable bonds is 1. The molecule has 0 bridgehead atoms. The fourth-order valence-corrected chi connectivity index (χ4v) is 1.04. The first-order valence-electron chi connectivity index (χ1n) is 3.30. The van der Waals surface area contributed by atoms with Gasteiger partial charge in [0.25, 0.3) is 0 Å². The van der Waals surface area contributed by atoms with Crippen LogP contribution in [0.15, 0.2) is 6.07 Å². The molecule has 5 heteroatoms. The Balaban J connectivity index is 3.33. The highest BCUT2D eigenvalue weighted by Gasteiger charge is 2.14. The number of aryl methyl sites for hydroxylation is 2. The van der Waals surface area contributed by atoms with Crippen molar-refractivity contribution in [2.75, 3.05) is 0 Å². The molecule has 1 aromatic rings. The Morgan fingerprint density at radius 3 is 2.67 bits per heavy atom. The van der Waals surface area contributed by atoms with Crippen molar-refractivity contribution in [1.29, 1.82) is 0 Å². The predicted molar refractivity (Wildman–Crippen MR) is 45.4 cm³/mol. The molecule has 0 spiro atoms. The molecule has 0 fully saturated rings. The minimum absolute atomic E-state index is 0.0527. The molecule has 0 radical (unpaired) electrons. The van der Waals surface area contributed by atoms with Gasteiger partial charge in [0.15, 0.2) is 0 Å². The Morgan fingerprint density at radius 1 is 1.58 bits per heavy atom. The average Bonchev–Trinajstić information content (AvgIpc) is 1.96. The van der Waals surface area contributed by atoms with E-state index < -0.39 is 4.92 Å². The second kappa shape index (κ2) is 3.06. The van der Waals surface area contributed by atoms with Crippen molar-refractivity contribution in [1.82, 2.24) is 4.98 Å². The summed E-state index contributed by atoms with van der Waals surface area (Å²) < 4.78 is 0. The second-order valence-electron chi connectivity index (χ2n) is 2.46. The zero-order valence-corrected chi connectivity index (χ0v) is 7.42. The Hall–Kier alpha value is -1.16. The van der Waals surface area contributed by atoms with E-state index in [1.54, 1.807) is 13.8 Å².